The highest BCUT2D eigenvalue weighted by Crippen LogP contribution is 2.31. The zero-order valence-electron chi connectivity index (χ0n) is 22.0. The fraction of sp³-hybridized carbons (Fsp3) is 0.250. The van der Waals surface area contributed by atoms with Crippen LogP contribution in [0.5, 0.6) is 11.5 Å². The van der Waals surface area contributed by atoms with Gasteiger partial charge in [0, 0.05) is 6.54 Å². The molecule has 1 aromatic heterocycles. The van der Waals surface area contributed by atoms with Gasteiger partial charge in [-0.05, 0) is 66.7 Å². The van der Waals surface area contributed by atoms with Gasteiger partial charge >= 0.3 is 5.97 Å². The molecule has 0 spiro atoms. The van der Waals surface area contributed by atoms with Crippen LogP contribution in [0, 0.1) is 0 Å². The van der Waals surface area contributed by atoms with Crippen LogP contribution in [0.3, 0.4) is 0 Å². The first-order valence-electron chi connectivity index (χ1n) is 12.2. The van der Waals surface area contributed by atoms with Gasteiger partial charge in [-0.15, -0.1) is 0 Å². The molecule has 1 aliphatic heterocycles. The molecule has 4 rings (SSSR count). The Kier molecular flexibility index (Phi) is 9.18. The van der Waals surface area contributed by atoms with Gasteiger partial charge < -0.3 is 24.4 Å². The van der Waals surface area contributed by atoms with Gasteiger partial charge in [0.25, 0.3) is 5.91 Å². The van der Waals surface area contributed by atoms with E-state index >= 15 is 0 Å². The third kappa shape index (κ3) is 6.32. The summed E-state index contributed by atoms with van der Waals surface area (Å²) in [7, 11) is 4.35. The molecule has 0 aliphatic carbocycles. The normalized spacial score (nSPS) is 14.8. The summed E-state index contributed by atoms with van der Waals surface area (Å²) in [6, 6.07) is 14.5. The monoisotopic (exact) mass is 582 g/mol. The van der Waals surface area contributed by atoms with E-state index in [-0.39, 0.29) is 22.1 Å². The summed E-state index contributed by atoms with van der Waals surface area (Å²) in [4.78, 5) is 46.2. The molecule has 1 fully saturated rings. The second-order valence-corrected chi connectivity index (χ2v) is 9.53. The minimum Gasteiger partial charge on any atom is -0.497 e. The summed E-state index contributed by atoms with van der Waals surface area (Å²) in [5.74, 6) is 0.123. The van der Waals surface area contributed by atoms with Crippen LogP contribution < -0.4 is 19.7 Å². The number of rotatable bonds is 10. The number of methoxy groups -OCH3 is 3. The molecule has 2 heterocycles. The van der Waals surface area contributed by atoms with E-state index < -0.39 is 23.8 Å². The van der Waals surface area contributed by atoms with E-state index in [9.17, 15) is 14.4 Å². The number of hydrogen-bond donors (Lipinski definition) is 1. The number of amides is 2. The number of nitrogens with one attached hydrogen (secondary N) is 1. The summed E-state index contributed by atoms with van der Waals surface area (Å²) >= 11 is 11.9. The summed E-state index contributed by atoms with van der Waals surface area (Å²) in [5.41, 5.74) is 1.43. The molecule has 1 N–H and O–H groups in total. The van der Waals surface area contributed by atoms with Gasteiger partial charge in [0.1, 0.15) is 23.4 Å². The maximum Gasteiger partial charge on any atom is 0.339 e. The number of ether oxygens (including phenoxy) is 3. The van der Waals surface area contributed by atoms with Crippen molar-refractivity contribution in [2.45, 2.75) is 18.9 Å². The highest BCUT2D eigenvalue weighted by atomic mass is 35.5. The number of halogens is 1. The Morgan fingerprint density at radius 1 is 1.02 bits per heavy atom. The maximum atomic E-state index is 13.7. The van der Waals surface area contributed by atoms with Crippen LogP contribution in [0.1, 0.15) is 22.3 Å². The molecule has 0 radical (unpaired) electrons. The smallest absolute Gasteiger partial charge is 0.339 e. The summed E-state index contributed by atoms with van der Waals surface area (Å²) in [5, 5.41) is 3.10. The number of aromatic nitrogens is 1. The zero-order chi connectivity index (χ0) is 28.8. The lowest BCUT2D eigenvalue weighted by molar-refractivity contribution is -0.124. The molecule has 12 heteroatoms. The van der Waals surface area contributed by atoms with Crippen molar-refractivity contribution in [2.75, 3.05) is 38.1 Å². The van der Waals surface area contributed by atoms with Crippen molar-refractivity contribution in [1.82, 2.24) is 9.88 Å². The van der Waals surface area contributed by atoms with E-state index in [1.165, 1.54) is 37.4 Å². The third-order valence-electron chi connectivity index (χ3n) is 6.35. The van der Waals surface area contributed by atoms with Crippen LogP contribution in [0.4, 0.5) is 11.5 Å². The first-order chi connectivity index (χ1) is 19.2. The molecule has 1 aliphatic rings. The predicted octanol–water partition coefficient (Wildman–Crippen LogP) is 4.11. The van der Waals surface area contributed by atoms with E-state index in [2.05, 4.69) is 10.3 Å². The van der Waals surface area contributed by atoms with Crippen molar-refractivity contribution in [1.29, 1.82) is 0 Å². The summed E-state index contributed by atoms with van der Waals surface area (Å²) in [6.07, 6.45) is 1.86. The Balaban J connectivity index is 1.59. The van der Waals surface area contributed by atoms with Gasteiger partial charge in [0.05, 0.1) is 50.2 Å². The molecule has 40 heavy (non-hydrogen) atoms. The molecule has 0 saturated carbocycles. The van der Waals surface area contributed by atoms with Crippen LogP contribution in [0.2, 0.25) is 5.02 Å². The molecule has 3 aromatic rings. The van der Waals surface area contributed by atoms with Crippen molar-refractivity contribution >= 4 is 58.2 Å². The minimum atomic E-state index is -0.888. The largest absolute Gasteiger partial charge is 0.497 e. The molecule has 0 bridgehead atoms. The topological polar surface area (TPSA) is 110 Å². The van der Waals surface area contributed by atoms with Crippen LogP contribution in [0.25, 0.3) is 0 Å². The lowest BCUT2D eigenvalue weighted by atomic mass is 10.1. The van der Waals surface area contributed by atoms with Gasteiger partial charge in [-0.2, -0.15) is 0 Å². The molecule has 2 aromatic carbocycles. The van der Waals surface area contributed by atoms with Crippen molar-refractivity contribution in [2.24, 2.45) is 0 Å². The molecule has 1 unspecified atom stereocenters. The second kappa shape index (κ2) is 12.8. The Hall–Kier alpha value is -4.22. The van der Waals surface area contributed by atoms with Crippen molar-refractivity contribution in [3.63, 3.8) is 0 Å². The number of nitrogens with zero attached hydrogens (tertiary/aromatic N) is 3. The lowest BCUT2D eigenvalue weighted by Gasteiger charge is -2.24. The van der Waals surface area contributed by atoms with E-state index in [1.807, 2.05) is 24.3 Å². The average molecular weight is 583 g/mol. The molecule has 10 nitrogen and oxygen atoms in total. The van der Waals surface area contributed by atoms with E-state index in [1.54, 1.807) is 30.2 Å². The van der Waals surface area contributed by atoms with Crippen LogP contribution in [-0.2, 0) is 20.7 Å². The van der Waals surface area contributed by atoms with Crippen LogP contribution >= 0.6 is 23.8 Å². The number of pyridine rings is 1. The first-order valence-corrected chi connectivity index (χ1v) is 13.0. The fourth-order valence-corrected chi connectivity index (χ4v) is 4.84. The number of hydrogen-bond acceptors (Lipinski definition) is 8. The number of anilines is 2. The van der Waals surface area contributed by atoms with Crippen LogP contribution in [0.15, 0.2) is 60.8 Å². The molecule has 208 valence electrons. The Labute approximate surface area is 241 Å². The second-order valence-electron chi connectivity index (χ2n) is 8.75. The van der Waals surface area contributed by atoms with Crippen molar-refractivity contribution in [3.8, 4) is 11.5 Å². The quantitative estimate of drug-likeness (QED) is 0.279. The van der Waals surface area contributed by atoms with E-state index in [0.29, 0.717) is 30.2 Å². The number of esters is 1. The Morgan fingerprint density at radius 3 is 2.35 bits per heavy atom. The van der Waals surface area contributed by atoms with E-state index in [0.717, 1.165) is 11.3 Å². The maximum absolute atomic E-state index is 13.7. The highest BCUT2D eigenvalue weighted by Gasteiger charge is 2.44. The highest BCUT2D eigenvalue weighted by molar-refractivity contribution is 7.80. The van der Waals surface area contributed by atoms with Gasteiger partial charge in [0.2, 0.25) is 5.91 Å². The van der Waals surface area contributed by atoms with Crippen molar-refractivity contribution < 1.29 is 28.6 Å². The molecule has 1 saturated heterocycles. The number of carbonyl (C=O) groups is 3. The Morgan fingerprint density at radius 2 is 1.73 bits per heavy atom. The predicted molar refractivity (Wildman–Crippen MR) is 154 cm³/mol. The Bertz CT molecular complexity index is 1420. The first kappa shape index (κ1) is 28.8. The molecular formula is C28H27ClN4O6S. The number of benzene rings is 2. The van der Waals surface area contributed by atoms with Crippen molar-refractivity contribution in [3.05, 3.63) is 76.9 Å². The van der Waals surface area contributed by atoms with Gasteiger partial charge in [-0.25, -0.2) is 9.78 Å². The molecule has 1 atom stereocenters. The fourth-order valence-electron chi connectivity index (χ4n) is 4.23. The zero-order valence-corrected chi connectivity index (χ0v) is 23.6. The standard InChI is InChI=1S/C28H27ClN4O6S/c1-37-19-7-4-17(5-8-19)12-13-32-23(15-25(34)31-24-11-9-20(38-2)16-30-24)26(35)33(28(32)40)18-6-10-22(29)21(14-18)27(36)39-3/h4-11,14,16,23H,12-13,15H2,1-3H3,(H,30,31,34). The number of carbonyl (C=O) groups excluding carboxylic acids is 3. The van der Waals surface area contributed by atoms with E-state index in [4.69, 9.17) is 38.0 Å². The number of thiocarbonyl (C=S) groups is 1. The van der Waals surface area contributed by atoms with Gasteiger partial charge in [-0.1, -0.05) is 23.7 Å². The van der Waals surface area contributed by atoms with Gasteiger partial charge in [-0.3, -0.25) is 14.5 Å². The molecule has 2 amide bonds. The van der Waals surface area contributed by atoms with Crippen LogP contribution in [-0.4, -0.2) is 66.7 Å². The van der Waals surface area contributed by atoms with Gasteiger partial charge in [0.15, 0.2) is 5.11 Å². The SMILES string of the molecule is COC(=O)c1cc(N2C(=O)C(CC(=O)Nc3ccc(OC)cn3)N(CCc3ccc(OC)cc3)C2=S)ccc1Cl. The lowest BCUT2D eigenvalue weighted by Crippen LogP contribution is -2.39. The summed E-state index contributed by atoms with van der Waals surface area (Å²) in [6.45, 7) is 0.365. The third-order valence-corrected chi connectivity index (χ3v) is 7.10. The average Bonchev–Trinajstić information content (AvgIpc) is 3.20. The minimum absolute atomic E-state index is 0.0915. The molecular weight excluding hydrogens is 556 g/mol. The summed E-state index contributed by atoms with van der Waals surface area (Å²) < 4.78 is 15.1.